The van der Waals surface area contributed by atoms with Crippen LogP contribution < -0.4 is 0 Å². The van der Waals surface area contributed by atoms with Crippen molar-refractivity contribution >= 4 is 11.6 Å². The first-order valence-corrected chi connectivity index (χ1v) is 7.06. The lowest BCUT2D eigenvalue weighted by molar-refractivity contribution is -0.00921. The third-order valence-corrected chi connectivity index (χ3v) is 4.50. The Bertz CT molecular complexity index is 411. The van der Waals surface area contributed by atoms with Gasteiger partial charge in [-0.15, -0.1) is 0 Å². The van der Waals surface area contributed by atoms with E-state index in [4.69, 9.17) is 11.6 Å². The first kappa shape index (κ1) is 13.8. The zero-order chi connectivity index (χ0) is 13.2. The van der Waals surface area contributed by atoms with Crippen molar-refractivity contribution < 1.29 is 9.50 Å². The zero-order valence-corrected chi connectivity index (χ0v) is 11.5. The highest BCUT2D eigenvalue weighted by Crippen LogP contribution is 2.36. The van der Waals surface area contributed by atoms with E-state index in [1.54, 1.807) is 6.07 Å². The van der Waals surface area contributed by atoms with E-state index in [1.165, 1.54) is 18.6 Å². The van der Waals surface area contributed by atoms with Crippen LogP contribution in [0, 0.1) is 11.7 Å². The fourth-order valence-corrected chi connectivity index (χ4v) is 3.05. The maximum absolute atomic E-state index is 13.0. The summed E-state index contributed by atoms with van der Waals surface area (Å²) in [6.07, 6.45) is 5.51. The van der Waals surface area contributed by atoms with Gasteiger partial charge in [0.05, 0.1) is 5.60 Å². The summed E-state index contributed by atoms with van der Waals surface area (Å²) in [6, 6.07) is 4.40. The Morgan fingerprint density at radius 3 is 2.61 bits per heavy atom. The molecule has 0 amide bonds. The van der Waals surface area contributed by atoms with Crippen LogP contribution in [0.5, 0.6) is 0 Å². The Balaban J connectivity index is 2.04. The van der Waals surface area contributed by atoms with E-state index in [-0.39, 0.29) is 5.82 Å². The van der Waals surface area contributed by atoms with Crippen LogP contribution in [0.15, 0.2) is 18.2 Å². The van der Waals surface area contributed by atoms with Crippen LogP contribution in [0.1, 0.15) is 44.6 Å². The second kappa shape index (κ2) is 5.58. The molecular weight excluding hydrogens is 251 g/mol. The molecule has 100 valence electrons. The molecule has 0 heterocycles. The molecule has 2 rings (SSSR count). The molecule has 0 aliphatic heterocycles. The van der Waals surface area contributed by atoms with Gasteiger partial charge in [-0.05, 0) is 49.3 Å². The number of rotatable bonds is 3. The topological polar surface area (TPSA) is 20.2 Å². The minimum absolute atomic E-state index is 0.328. The van der Waals surface area contributed by atoms with Gasteiger partial charge in [-0.3, -0.25) is 0 Å². The molecule has 1 aromatic carbocycles. The molecule has 0 aromatic heterocycles. The van der Waals surface area contributed by atoms with E-state index in [0.717, 1.165) is 37.2 Å². The van der Waals surface area contributed by atoms with Crippen molar-refractivity contribution in [3.63, 3.8) is 0 Å². The average molecular weight is 271 g/mol. The number of hydrogen-bond acceptors (Lipinski definition) is 1. The van der Waals surface area contributed by atoms with E-state index >= 15 is 0 Å². The summed E-state index contributed by atoms with van der Waals surface area (Å²) in [5.74, 6) is 0.416. The molecule has 1 nitrogen and oxygen atoms in total. The lowest BCUT2D eigenvalue weighted by atomic mass is 9.75. The third kappa shape index (κ3) is 3.24. The summed E-state index contributed by atoms with van der Waals surface area (Å²) in [7, 11) is 0. The van der Waals surface area contributed by atoms with Crippen LogP contribution in [0.2, 0.25) is 5.02 Å². The van der Waals surface area contributed by atoms with Crippen molar-refractivity contribution in [2.75, 3.05) is 0 Å². The molecule has 0 saturated heterocycles. The lowest BCUT2D eigenvalue weighted by Crippen LogP contribution is -2.36. The van der Waals surface area contributed by atoms with Crippen LogP contribution >= 0.6 is 11.6 Å². The molecule has 0 radical (unpaired) electrons. The van der Waals surface area contributed by atoms with Gasteiger partial charge in [-0.25, -0.2) is 4.39 Å². The highest BCUT2D eigenvalue weighted by atomic mass is 35.5. The molecule has 0 spiro atoms. The molecule has 1 fully saturated rings. The van der Waals surface area contributed by atoms with Gasteiger partial charge in [0.25, 0.3) is 0 Å². The first-order chi connectivity index (χ1) is 8.52. The van der Waals surface area contributed by atoms with Crippen molar-refractivity contribution in [1.29, 1.82) is 0 Å². The normalized spacial score (nSPS) is 28.3. The van der Waals surface area contributed by atoms with Gasteiger partial charge in [0.15, 0.2) is 0 Å². The Morgan fingerprint density at radius 1 is 1.39 bits per heavy atom. The second-order valence-corrected chi connectivity index (χ2v) is 5.90. The monoisotopic (exact) mass is 270 g/mol. The molecule has 0 unspecified atom stereocenters. The predicted molar refractivity (Wildman–Crippen MR) is 72.3 cm³/mol. The standard InChI is InChI=1S/C15H20ClFO/c1-2-11-5-7-15(18,8-6-11)10-12-3-4-13(17)9-14(12)16/h3-4,9,11,18H,2,5-8,10H2,1H3. The fraction of sp³-hybridized carbons (Fsp3) is 0.600. The molecule has 1 N–H and O–H groups in total. The first-order valence-electron chi connectivity index (χ1n) is 6.69. The largest absolute Gasteiger partial charge is 0.390 e. The summed E-state index contributed by atoms with van der Waals surface area (Å²) < 4.78 is 13.0. The Kier molecular flexibility index (Phi) is 4.29. The van der Waals surface area contributed by atoms with Gasteiger partial charge in [0.2, 0.25) is 0 Å². The zero-order valence-electron chi connectivity index (χ0n) is 10.8. The van der Waals surface area contributed by atoms with E-state index in [2.05, 4.69) is 6.92 Å². The minimum atomic E-state index is -0.660. The number of halogens is 2. The number of hydrogen-bond donors (Lipinski definition) is 1. The Labute approximate surface area is 113 Å². The maximum atomic E-state index is 13.0. The summed E-state index contributed by atoms with van der Waals surface area (Å²) in [4.78, 5) is 0. The van der Waals surface area contributed by atoms with Crippen LogP contribution in [0.4, 0.5) is 4.39 Å². The molecule has 0 bridgehead atoms. The van der Waals surface area contributed by atoms with Gasteiger partial charge >= 0.3 is 0 Å². The van der Waals surface area contributed by atoms with Crippen molar-refractivity contribution in [3.05, 3.63) is 34.6 Å². The highest BCUT2D eigenvalue weighted by Gasteiger charge is 2.33. The van der Waals surface area contributed by atoms with Gasteiger partial charge in [0.1, 0.15) is 5.82 Å². The predicted octanol–water partition coefficient (Wildman–Crippen LogP) is 4.35. The Hall–Kier alpha value is -0.600. The summed E-state index contributed by atoms with van der Waals surface area (Å²) in [5.41, 5.74) is 0.183. The molecule has 1 aromatic rings. The van der Waals surface area contributed by atoms with Gasteiger partial charge in [-0.1, -0.05) is 31.0 Å². The molecule has 0 atom stereocenters. The van der Waals surface area contributed by atoms with Crippen LogP contribution in [0.3, 0.4) is 0 Å². The van der Waals surface area contributed by atoms with Crippen molar-refractivity contribution in [3.8, 4) is 0 Å². The van der Waals surface area contributed by atoms with Gasteiger partial charge in [-0.2, -0.15) is 0 Å². The van der Waals surface area contributed by atoms with Crippen LogP contribution in [-0.4, -0.2) is 10.7 Å². The average Bonchev–Trinajstić information content (AvgIpc) is 2.34. The van der Waals surface area contributed by atoms with E-state index < -0.39 is 5.60 Å². The maximum Gasteiger partial charge on any atom is 0.124 e. The quantitative estimate of drug-likeness (QED) is 0.866. The molecule has 18 heavy (non-hydrogen) atoms. The highest BCUT2D eigenvalue weighted by molar-refractivity contribution is 6.31. The molecular formula is C15H20ClFO. The van der Waals surface area contributed by atoms with E-state index in [0.29, 0.717) is 11.4 Å². The van der Waals surface area contributed by atoms with Crippen LogP contribution in [0.25, 0.3) is 0 Å². The van der Waals surface area contributed by atoms with Gasteiger partial charge < -0.3 is 5.11 Å². The molecule has 1 aliphatic rings. The van der Waals surface area contributed by atoms with E-state index in [9.17, 15) is 9.50 Å². The number of aliphatic hydroxyl groups is 1. The minimum Gasteiger partial charge on any atom is -0.390 e. The second-order valence-electron chi connectivity index (χ2n) is 5.49. The van der Waals surface area contributed by atoms with Gasteiger partial charge in [0, 0.05) is 11.4 Å². The van der Waals surface area contributed by atoms with Crippen LogP contribution in [-0.2, 0) is 6.42 Å². The van der Waals surface area contributed by atoms with Crippen molar-refractivity contribution in [1.82, 2.24) is 0 Å². The summed E-state index contributed by atoms with van der Waals surface area (Å²) in [6.45, 7) is 2.20. The smallest absolute Gasteiger partial charge is 0.124 e. The van der Waals surface area contributed by atoms with Crippen molar-refractivity contribution in [2.45, 2.75) is 51.0 Å². The Morgan fingerprint density at radius 2 is 2.06 bits per heavy atom. The number of benzene rings is 1. The molecule has 3 heteroatoms. The van der Waals surface area contributed by atoms with E-state index in [1.807, 2.05) is 0 Å². The van der Waals surface area contributed by atoms with Crippen molar-refractivity contribution in [2.24, 2.45) is 5.92 Å². The SMILES string of the molecule is CCC1CCC(O)(Cc2ccc(F)cc2Cl)CC1. The lowest BCUT2D eigenvalue weighted by Gasteiger charge is -2.36. The fourth-order valence-electron chi connectivity index (χ4n) is 2.82. The summed E-state index contributed by atoms with van der Waals surface area (Å²) >= 11 is 6.02. The third-order valence-electron chi connectivity index (χ3n) is 4.15. The summed E-state index contributed by atoms with van der Waals surface area (Å²) in [5, 5.41) is 11.0. The molecule has 1 saturated carbocycles. The molecule has 1 aliphatic carbocycles.